The minimum absolute atomic E-state index is 0. The van der Waals surface area contributed by atoms with Crippen LogP contribution in [0.1, 0.15) is 41.5 Å². The second-order valence-electron chi connectivity index (χ2n) is 5.07. The predicted octanol–water partition coefficient (Wildman–Crippen LogP) is -0.816. The van der Waals surface area contributed by atoms with Crippen LogP contribution in [0, 0.1) is 10.8 Å². The van der Waals surface area contributed by atoms with Crippen LogP contribution in [0.25, 0.3) is 0 Å². The first-order valence-electron chi connectivity index (χ1n) is 4.32. The number of hydrogen-bond donors (Lipinski definition) is 0. The maximum Gasteiger partial charge on any atom is 2.00 e. The average Bonchev–Trinajstić information content (AvgIpc) is 1.83. The van der Waals surface area contributed by atoms with E-state index in [-0.39, 0.29) is 45.5 Å². The molecule has 0 radical (unpaired) electrons. The van der Waals surface area contributed by atoms with Gasteiger partial charge >= 0.3 is 45.5 Å². The van der Waals surface area contributed by atoms with Crippen LogP contribution in [0.2, 0.25) is 0 Å². The predicted molar refractivity (Wildman–Crippen MR) is 54.7 cm³/mol. The summed E-state index contributed by atoms with van der Waals surface area (Å²) in [6.45, 7) is 9.60. The molecule has 5 heteroatoms. The molecule has 0 aromatic carbocycles. The smallest absolute Gasteiger partial charge is 0.550 e. The van der Waals surface area contributed by atoms with Crippen LogP contribution in [-0.2, 0) is 9.59 Å². The van der Waals surface area contributed by atoms with E-state index in [1.54, 1.807) is 41.5 Å². The van der Waals surface area contributed by atoms with E-state index in [1.165, 1.54) is 0 Å². The first-order chi connectivity index (χ1) is 5.89. The molecule has 0 atom stereocenters. The van der Waals surface area contributed by atoms with Crippen molar-refractivity contribution in [3.63, 3.8) is 0 Å². The minimum Gasteiger partial charge on any atom is -0.550 e. The van der Waals surface area contributed by atoms with Gasteiger partial charge in [0.2, 0.25) is 0 Å². The molecule has 0 unspecified atom stereocenters. The Hall–Kier alpha value is 0.421. The summed E-state index contributed by atoms with van der Waals surface area (Å²) in [5.41, 5.74) is -1.39. The number of carboxylic acid groups (broad SMARTS) is 2. The summed E-state index contributed by atoms with van der Waals surface area (Å²) in [4.78, 5) is 19.8. The van der Waals surface area contributed by atoms with Gasteiger partial charge in [-0.15, -0.1) is 0 Å². The van der Waals surface area contributed by atoms with Crippen molar-refractivity contribution in [2.45, 2.75) is 41.5 Å². The van der Waals surface area contributed by atoms with Crippen molar-refractivity contribution >= 4 is 57.4 Å². The topological polar surface area (TPSA) is 80.3 Å². The summed E-state index contributed by atoms with van der Waals surface area (Å²) < 4.78 is 0. The monoisotopic (exact) mass is 290 g/mol. The van der Waals surface area contributed by atoms with Crippen molar-refractivity contribution in [1.29, 1.82) is 0 Å². The van der Waals surface area contributed by atoms with E-state index in [0.29, 0.717) is 0 Å². The molecular weight excluding hydrogens is 272 g/mol. The maximum atomic E-state index is 9.91. The number of carbonyl (C=O) groups is 2. The Labute approximate surface area is 128 Å². The van der Waals surface area contributed by atoms with Gasteiger partial charge in [-0.2, -0.15) is 0 Å². The van der Waals surface area contributed by atoms with E-state index in [0.717, 1.165) is 0 Å². The zero-order valence-corrected chi connectivity index (χ0v) is 13.8. The van der Waals surface area contributed by atoms with E-state index < -0.39 is 22.8 Å². The van der Waals surface area contributed by atoms with Crippen molar-refractivity contribution in [1.82, 2.24) is 0 Å². The first kappa shape index (κ1) is 20.8. The quantitative estimate of drug-likeness (QED) is 0.546. The van der Waals surface area contributed by atoms with Crippen LogP contribution in [0.3, 0.4) is 0 Å². The largest absolute Gasteiger partial charge is 2.00 e. The summed E-state index contributed by atoms with van der Waals surface area (Å²) in [6, 6.07) is 0. The van der Waals surface area contributed by atoms with Crippen molar-refractivity contribution in [3.8, 4) is 0 Å². The van der Waals surface area contributed by atoms with E-state index in [4.69, 9.17) is 0 Å². The summed E-state index contributed by atoms with van der Waals surface area (Å²) in [7, 11) is 0. The first-order valence-corrected chi connectivity index (χ1v) is 4.32. The van der Waals surface area contributed by atoms with Crippen molar-refractivity contribution in [2.75, 3.05) is 0 Å². The molecule has 0 fully saturated rings. The second kappa shape index (κ2) is 7.65. The molecule has 0 bridgehead atoms. The fraction of sp³-hybridized carbons (Fsp3) is 0.800. The average molecular weight is 290 g/mol. The normalized spacial score (nSPS) is 10.5. The van der Waals surface area contributed by atoms with Gasteiger partial charge in [0.25, 0.3) is 0 Å². The zero-order chi connectivity index (χ0) is 12.2. The number of rotatable bonds is 0. The van der Waals surface area contributed by atoms with Crippen molar-refractivity contribution in [2.24, 2.45) is 10.8 Å². The van der Waals surface area contributed by atoms with Crippen LogP contribution in [0.4, 0.5) is 0 Å². The molecule has 0 rings (SSSR count). The molecule has 0 aromatic rings. The number of aliphatic carboxylic acids is 2. The van der Waals surface area contributed by atoms with Gasteiger partial charge in [0.05, 0.1) is 0 Å². The Morgan fingerprint density at radius 1 is 0.733 bits per heavy atom. The SMILES string of the molecule is CC(C)(C)C(=O)[O-].CC(C)(C)C(=O)[O-].[Sr+2]. The fourth-order valence-electron chi connectivity index (χ4n) is 0. The summed E-state index contributed by atoms with van der Waals surface area (Å²) >= 11 is 0. The van der Waals surface area contributed by atoms with E-state index >= 15 is 0 Å². The van der Waals surface area contributed by atoms with Gasteiger partial charge in [-0.25, -0.2) is 0 Å². The Bertz CT molecular complexity index is 186. The Morgan fingerprint density at radius 3 is 0.800 bits per heavy atom. The minimum atomic E-state index is -1.01. The molecule has 0 aliphatic carbocycles. The third kappa shape index (κ3) is 14.4. The Kier molecular flexibility index (Phi) is 10.6. The molecule has 0 heterocycles. The third-order valence-electron chi connectivity index (χ3n) is 1.22. The molecule has 4 nitrogen and oxygen atoms in total. The van der Waals surface area contributed by atoms with Gasteiger partial charge in [0.15, 0.2) is 0 Å². The van der Waals surface area contributed by atoms with Gasteiger partial charge < -0.3 is 19.8 Å². The molecule has 84 valence electrons. The summed E-state index contributed by atoms with van der Waals surface area (Å²) in [5, 5.41) is 19.8. The van der Waals surface area contributed by atoms with Gasteiger partial charge in [0, 0.05) is 22.8 Å². The van der Waals surface area contributed by atoms with Gasteiger partial charge in [0.1, 0.15) is 0 Å². The van der Waals surface area contributed by atoms with Gasteiger partial charge in [-0.1, -0.05) is 41.5 Å². The molecule has 0 aromatic heterocycles. The Balaban J connectivity index is -0.000000180. The molecule has 0 saturated heterocycles. The van der Waals surface area contributed by atoms with Gasteiger partial charge in [-0.05, 0) is 0 Å². The Morgan fingerprint density at radius 2 is 0.800 bits per heavy atom. The van der Waals surface area contributed by atoms with Crippen molar-refractivity contribution < 1.29 is 19.8 Å². The molecule has 0 aliphatic rings. The van der Waals surface area contributed by atoms with E-state index in [9.17, 15) is 19.8 Å². The molecule has 0 spiro atoms. The van der Waals surface area contributed by atoms with E-state index in [1.807, 2.05) is 0 Å². The standard InChI is InChI=1S/2C5H10O2.Sr/c2*1-5(2,3)4(6)7;/h2*1-3H3,(H,6,7);/q;;+2/p-2. The van der Waals surface area contributed by atoms with Crippen LogP contribution < -0.4 is 10.2 Å². The molecule has 0 aliphatic heterocycles. The van der Waals surface area contributed by atoms with Crippen LogP contribution >= 0.6 is 0 Å². The molecule has 0 amide bonds. The van der Waals surface area contributed by atoms with Crippen LogP contribution in [0.5, 0.6) is 0 Å². The van der Waals surface area contributed by atoms with Crippen LogP contribution in [-0.4, -0.2) is 57.4 Å². The molecule has 0 N–H and O–H groups in total. The third-order valence-corrected chi connectivity index (χ3v) is 1.22. The summed E-state index contributed by atoms with van der Waals surface area (Å²) in [6.07, 6.45) is 0. The summed E-state index contributed by atoms with van der Waals surface area (Å²) in [5.74, 6) is -2.01. The molecule has 0 saturated carbocycles. The zero-order valence-electron chi connectivity index (χ0n) is 10.3. The molecular formula is C10H18O4Sr. The van der Waals surface area contributed by atoms with Crippen molar-refractivity contribution in [3.05, 3.63) is 0 Å². The fourth-order valence-corrected chi connectivity index (χ4v) is 0. The number of carbonyl (C=O) groups excluding carboxylic acids is 2. The maximum absolute atomic E-state index is 9.91. The van der Waals surface area contributed by atoms with E-state index in [2.05, 4.69) is 0 Å². The van der Waals surface area contributed by atoms with Gasteiger partial charge in [-0.3, -0.25) is 0 Å². The van der Waals surface area contributed by atoms with Crippen LogP contribution in [0.15, 0.2) is 0 Å². The number of hydrogen-bond acceptors (Lipinski definition) is 4. The number of carboxylic acids is 2. The molecule has 15 heavy (non-hydrogen) atoms. The second-order valence-corrected chi connectivity index (χ2v) is 5.07.